The highest BCUT2D eigenvalue weighted by Crippen LogP contribution is 2.44. The topological polar surface area (TPSA) is 26.3 Å². The minimum Gasteiger partial charge on any atom is -0.465 e. The minimum atomic E-state index is 0.0489. The Balaban J connectivity index is 2.11. The molecule has 2 fully saturated rings. The van der Waals surface area contributed by atoms with E-state index in [1.54, 1.807) is 0 Å². The first-order valence-electron chi connectivity index (χ1n) is 4.75. The third-order valence-electron chi connectivity index (χ3n) is 3.28. The second-order valence-electron chi connectivity index (χ2n) is 4.90. The maximum absolute atomic E-state index is 11.3. The number of carbonyl (C=O) groups is 1. The highest BCUT2D eigenvalue weighted by Gasteiger charge is 2.43. The molecule has 1 heterocycles. The van der Waals surface area contributed by atoms with Crippen LogP contribution in [0.4, 0.5) is 0 Å². The van der Waals surface area contributed by atoms with Gasteiger partial charge in [-0.15, -0.1) is 0 Å². The van der Waals surface area contributed by atoms with Gasteiger partial charge in [0, 0.05) is 5.92 Å². The fourth-order valence-corrected chi connectivity index (χ4v) is 2.41. The SMILES string of the molecule is CC1(C)CCC2COC(=O)C2C1. The van der Waals surface area contributed by atoms with Gasteiger partial charge in [0.05, 0.1) is 12.5 Å². The number of esters is 1. The van der Waals surface area contributed by atoms with E-state index in [-0.39, 0.29) is 11.9 Å². The normalized spacial score (nSPS) is 39.0. The lowest BCUT2D eigenvalue weighted by atomic mass is 9.68. The first-order valence-corrected chi connectivity index (χ1v) is 4.75. The molecular formula is C10H16O2. The Bertz CT molecular complexity index is 208. The molecule has 12 heavy (non-hydrogen) atoms. The maximum atomic E-state index is 11.3. The molecule has 0 aromatic carbocycles. The smallest absolute Gasteiger partial charge is 0.309 e. The molecule has 0 aromatic rings. The average molecular weight is 168 g/mol. The van der Waals surface area contributed by atoms with Crippen LogP contribution in [0.15, 0.2) is 0 Å². The Hall–Kier alpha value is -0.530. The van der Waals surface area contributed by atoms with E-state index >= 15 is 0 Å². The zero-order valence-electron chi connectivity index (χ0n) is 7.80. The highest BCUT2D eigenvalue weighted by molar-refractivity contribution is 5.74. The van der Waals surface area contributed by atoms with Crippen molar-refractivity contribution in [3.05, 3.63) is 0 Å². The van der Waals surface area contributed by atoms with E-state index in [1.807, 2.05) is 0 Å². The van der Waals surface area contributed by atoms with Gasteiger partial charge < -0.3 is 4.74 Å². The summed E-state index contributed by atoms with van der Waals surface area (Å²) in [6.07, 6.45) is 3.44. The van der Waals surface area contributed by atoms with E-state index < -0.39 is 0 Å². The molecule has 2 aliphatic rings. The van der Waals surface area contributed by atoms with Crippen LogP contribution in [0.25, 0.3) is 0 Å². The second kappa shape index (κ2) is 2.48. The van der Waals surface area contributed by atoms with Gasteiger partial charge in [-0.05, 0) is 24.7 Å². The molecule has 0 amide bonds. The zero-order valence-corrected chi connectivity index (χ0v) is 7.80. The fourth-order valence-electron chi connectivity index (χ4n) is 2.41. The lowest BCUT2D eigenvalue weighted by molar-refractivity contribution is -0.142. The predicted molar refractivity (Wildman–Crippen MR) is 45.6 cm³/mol. The Morgan fingerprint density at radius 1 is 1.50 bits per heavy atom. The molecule has 1 saturated heterocycles. The predicted octanol–water partition coefficient (Wildman–Crippen LogP) is 1.99. The number of hydrogen-bond donors (Lipinski definition) is 0. The zero-order chi connectivity index (χ0) is 8.77. The van der Waals surface area contributed by atoms with Crippen LogP contribution in [-0.2, 0) is 9.53 Å². The first kappa shape index (κ1) is 8.09. The van der Waals surface area contributed by atoms with E-state index in [0.29, 0.717) is 17.9 Å². The Labute approximate surface area is 73.3 Å². The van der Waals surface area contributed by atoms with Crippen molar-refractivity contribution in [2.45, 2.75) is 33.1 Å². The van der Waals surface area contributed by atoms with Crippen LogP contribution in [0.5, 0.6) is 0 Å². The summed E-state index contributed by atoms with van der Waals surface area (Å²) in [5, 5.41) is 0. The largest absolute Gasteiger partial charge is 0.465 e. The minimum absolute atomic E-state index is 0.0489. The molecule has 1 saturated carbocycles. The quantitative estimate of drug-likeness (QED) is 0.517. The Morgan fingerprint density at radius 3 is 3.00 bits per heavy atom. The first-order chi connectivity index (χ1) is 5.58. The van der Waals surface area contributed by atoms with Crippen molar-refractivity contribution >= 4 is 5.97 Å². The van der Waals surface area contributed by atoms with Gasteiger partial charge in [-0.2, -0.15) is 0 Å². The molecule has 0 radical (unpaired) electrons. The van der Waals surface area contributed by atoms with E-state index in [2.05, 4.69) is 13.8 Å². The van der Waals surface area contributed by atoms with E-state index in [0.717, 1.165) is 6.42 Å². The second-order valence-corrected chi connectivity index (χ2v) is 4.90. The van der Waals surface area contributed by atoms with E-state index in [4.69, 9.17) is 4.74 Å². The van der Waals surface area contributed by atoms with Crippen LogP contribution in [0, 0.1) is 17.3 Å². The van der Waals surface area contributed by atoms with Crippen LogP contribution in [0.3, 0.4) is 0 Å². The molecule has 68 valence electrons. The number of hydrogen-bond acceptors (Lipinski definition) is 2. The number of cyclic esters (lactones) is 1. The molecule has 2 atom stereocenters. The van der Waals surface area contributed by atoms with Crippen molar-refractivity contribution in [2.75, 3.05) is 6.61 Å². The van der Waals surface area contributed by atoms with Crippen molar-refractivity contribution in [3.8, 4) is 0 Å². The van der Waals surface area contributed by atoms with Gasteiger partial charge in [-0.3, -0.25) is 4.79 Å². The number of carbonyl (C=O) groups excluding carboxylic acids is 1. The van der Waals surface area contributed by atoms with Crippen LogP contribution >= 0.6 is 0 Å². The van der Waals surface area contributed by atoms with Crippen LogP contribution in [-0.4, -0.2) is 12.6 Å². The van der Waals surface area contributed by atoms with Gasteiger partial charge in [-0.1, -0.05) is 13.8 Å². The summed E-state index contributed by atoms with van der Waals surface area (Å²) in [5.74, 6) is 0.798. The molecule has 0 bridgehead atoms. The van der Waals surface area contributed by atoms with Crippen LogP contribution < -0.4 is 0 Å². The number of ether oxygens (including phenoxy) is 1. The van der Waals surface area contributed by atoms with Crippen molar-refractivity contribution in [1.82, 2.24) is 0 Å². The summed E-state index contributed by atoms with van der Waals surface area (Å²) in [6, 6.07) is 0. The number of fused-ring (bicyclic) bond motifs is 1. The summed E-state index contributed by atoms with van der Waals surface area (Å²) in [5.41, 5.74) is 0.352. The summed E-state index contributed by atoms with van der Waals surface area (Å²) in [7, 11) is 0. The monoisotopic (exact) mass is 168 g/mol. The van der Waals surface area contributed by atoms with Crippen LogP contribution in [0.1, 0.15) is 33.1 Å². The van der Waals surface area contributed by atoms with Gasteiger partial charge >= 0.3 is 5.97 Å². The number of rotatable bonds is 0. The van der Waals surface area contributed by atoms with Gasteiger partial charge in [0.25, 0.3) is 0 Å². The molecule has 2 rings (SSSR count). The molecule has 0 aromatic heterocycles. The highest BCUT2D eigenvalue weighted by atomic mass is 16.5. The van der Waals surface area contributed by atoms with Crippen molar-refractivity contribution < 1.29 is 9.53 Å². The summed E-state index contributed by atoms with van der Waals surface area (Å²) in [6.45, 7) is 5.17. The van der Waals surface area contributed by atoms with Crippen molar-refractivity contribution in [1.29, 1.82) is 0 Å². The molecule has 2 unspecified atom stereocenters. The van der Waals surface area contributed by atoms with Gasteiger partial charge in [-0.25, -0.2) is 0 Å². The molecule has 1 aliphatic heterocycles. The summed E-state index contributed by atoms with van der Waals surface area (Å²) >= 11 is 0. The van der Waals surface area contributed by atoms with Gasteiger partial charge in [0.1, 0.15) is 0 Å². The van der Waals surface area contributed by atoms with E-state index in [9.17, 15) is 4.79 Å². The molecule has 2 nitrogen and oxygen atoms in total. The van der Waals surface area contributed by atoms with Crippen molar-refractivity contribution in [3.63, 3.8) is 0 Å². The van der Waals surface area contributed by atoms with Gasteiger partial charge in [0.15, 0.2) is 0 Å². The fraction of sp³-hybridized carbons (Fsp3) is 0.900. The van der Waals surface area contributed by atoms with Gasteiger partial charge in [0.2, 0.25) is 0 Å². The standard InChI is InChI=1S/C10H16O2/c1-10(2)4-3-7-6-12-9(11)8(7)5-10/h7-8H,3-6H2,1-2H3. The molecule has 0 N–H and O–H groups in total. The molecule has 2 heteroatoms. The molecule has 0 spiro atoms. The third-order valence-corrected chi connectivity index (χ3v) is 3.28. The lowest BCUT2D eigenvalue weighted by Crippen LogP contribution is -2.30. The maximum Gasteiger partial charge on any atom is 0.309 e. The Morgan fingerprint density at radius 2 is 2.25 bits per heavy atom. The third kappa shape index (κ3) is 1.23. The van der Waals surface area contributed by atoms with E-state index in [1.165, 1.54) is 12.8 Å². The molecule has 1 aliphatic carbocycles. The lowest BCUT2D eigenvalue weighted by Gasteiger charge is -2.34. The average Bonchev–Trinajstić information content (AvgIpc) is 2.31. The Kier molecular flexibility index (Phi) is 1.67. The molecular weight excluding hydrogens is 152 g/mol. The summed E-state index contributed by atoms with van der Waals surface area (Å²) in [4.78, 5) is 11.3. The van der Waals surface area contributed by atoms with Crippen LogP contribution in [0.2, 0.25) is 0 Å². The summed E-state index contributed by atoms with van der Waals surface area (Å²) < 4.78 is 5.05. The van der Waals surface area contributed by atoms with Crippen molar-refractivity contribution in [2.24, 2.45) is 17.3 Å².